The molecule has 0 aromatic carbocycles. The first-order valence-corrected chi connectivity index (χ1v) is 7.13. The number of aliphatic hydroxyl groups excluding tert-OH is 1. The summed E-state index contributed by atoms with van der Waals surface area (Å²) in [5.74, 6) is -3.01. The van der Waals surface area contributed by atoms with Gasteiger partial charge in [-0.25, -0.2) is 0 Å². The van der Waals surface area contributed by atoms with E-state index >= 15 is 0 Å². The third-order valence-corrected chi connectivity index (χ3v) is 3.73. The Morgan fingerprint density at radius 2 is 1.22 bits per heavy atom. The van der Waals surface area contributed by atoms with E-state index in [9.17, 15) is 20.4 Å². The first-order valence-electron chi connectivity index (χ1n) is 7.13. The summed E-state index contributed by atoms with van der Waals surface area (Å²) in [7, 11) is 0. The van der Waals surface area contributed by atoms with Gasteiger partial charge < -0.3 is 20.4 Å². The maximum absolute atomic E-state index is 9.95. The molecule has 0 heterocycles. The maximum atomic E-state index is 9.95. The molecule has 0 aliphatic rings. The molecule has 0 saturated carbocycles. The van der Waals surface area contributed by atoms with Gasteiger partial charge in [0.05, 0.1) is 0 Å². The Balaban J connectivity index is 4.57. The Bertz CT molecular complexity index is 200. The molecule has 1 unspecified atom stereocenters. The quantitative estimate of drug-likeness (QED) is 0.359. The van der Waals surface area contributed by atoms with Crippen molar-refractivity contribution >= 4 is 0 Å². The Morgan fingerprint density at radius 1 is 0.833 bits per heavy atom. The van der Waals surface area contributed by atoms with Crippen LogP contribution in [0.3, 0.4) is 0 Å². The number of hydrogen-bond donors (Lipinski definition) is 4. The molecule has 0 amide bonds. The molecule has 0 fully saturated rings. The third-order valence-electron chi connectivity index (χ3n) is 3.73. The van der Waals surface area contributed by atoms with Crippen molar-refractivity contribution in [2.75, 3.05) is 0 Å². The summed E-state index contributed by atoms with van der Waals surface area (Å²) in [5.41, 5.74) is -0.650. The minimum atomic E-state index is -3.01. The highest BCUT2D eigenvalue weighted by Crippen LogP contribution is 2.37. The second kappa shape index (κ2) is 8.10. The summed E-state index contributed by atoms with van der Waals surface area (Å²) >= 11 is 0. The van der Waals surface area contributed by atoms with Crippen LogP contribution in [0.5, 0.6) is 0 Å². The van der Waals surface area contributed by atoms with Crippen molar-refractivity contribution in [1.82, 2.24) is 0 Å². The van der Waals surface area contributed by atoms with Crippen LogP contribution in [0.25, 0.3) is 0 Å². The fourth-order valence-corrected chi connectivity index (χ4v) is 2.42. The van der Waals surface area contributed by atoms with Gasteiger partial charge in [-0.15, -0.1) is 0 Å². The second-order valence-electron chi connectivity index (χ2n) is 5.66. The maximum Gasteiger partial charge on any atom is 0.303 e. The second-order valence-corrected chi connectivity index (χ2v) is 5.66. The molecule has 1 atom stereocenters. The zero-order valence-corrected chi connectivity index (χ0v) is 12.0. The van der Waals surface area contributed by atoms with Gasteiger partial charge in [0.15, 0.2) is 0 Å². The molecule has 4 nitrogen and oxygen atoms in total. The lowest BCUT2D eigenvalue weighted by Gasteiger charge is -2.38. The van der Waals surface area contributed by atoms with Crippen molar-refractivity contribution in [2.45, 2.75) is 84.2 Å². The van der Waals surface area contributed by atoms with E-state index in [1.165, 1.54) is 0 Å². The molecule has 0 bridgehead atoms. The van der Waals surface area contributed by atoms with Gasteiger partial charge in [0.1, 0.15) is 6.10 Å². The van der Waals surface area contributed by atoms with Crippen LogP contribution in [0.4, 0.5) is 0 Å². The van der Waals surface area contributed by atoms with E-state index in [1.807, 2.05) is 6.92 Å². The van der Waals surface area contributed by atoms with E-state index in [4.69, 9.17) is 0 Å². The number of rotatable bonds is 10. The van der Waals surface area contributed by atoms with Crippen LogP contribution in [0.2, 0.25) is 0 Å². The predicted molar refractivity (Wildman–Crippen MR) is 71.8 cm³/mol. The van der Waals surface area contributed by atoms with Gasteiger partial charge in [-0.2, -0.15) is 0 Å². The lowest BCUT2D eigenvalue weighted by atomic mass is 9.74. The van der Waals surface area contributed by atoms with Crippen LogP contribution in [-0.2, 0) is 0 Å². The molecule has 0 saturated heterocycles. The Morgan fingerprint density at radius 3 is 1.50 bits per heavy atom. The van der Waals surface area contributed by atoms with Gasteiger partial charge in [-0.05, 0) is 12.8 Å². The summed E-state index contributed by atoms with van der Waals surface area (Å²) in [4.78, 5) is 0. The predicted octanol–water partition coefficient (Wildman–Crippen LogP) is 2.14. The molecular formula is C14H30O4. The van der Waals surface area contributed by atoms with Gasteiger partial charge in [-0.3, -0.25) is 0 Å². The zero-order chi connectivity index (χ0) is 14.2. The lowest BCUT2D eigenvalue weighted by Crippen LogP contribution is -2.51. The van der Waals surface area contributed by atoms with E-state index in [1.54, 1.807) is 0 Å². The van der Waals surface area contributed by atoms with Crippen molar-refractivity contribution in [2.24, 2.45) is 5.41 Å². The van der Waals surface area contributed by atoms with Crippen molar-refractivity contribution < 1.29 is 20.4 Å². The zero-order valence-electron chi connectivity index (χ0n) is 12.0. The molecule has 0 aliphatic carbocycles. The van der Waals surface area contributed by atoms with Crippen LogP contribution < -0.4 is 0 Å². The molecule has 4 N–H and O–H groups in total. The topological polar surface area (TPSA) is 80.9 Å². The lowest BCUT2D eigenvalue weighted by molar-refractivity contribution is -0.373. The first kappa shape index (κ1) is 17.8. The average Bonchev–Trinajstić information content (AvgIpc) is 2.27. The summed E-state index contributed by atoms with van der Waals surface area (Å²) in [6.45, 7) is 6.01. The minimum Gasteiger partial charge on any atom is -0.384 e. The summed E-state index contributed by atoms with van der Waals surface area (Å²) in [5, 5.41) is 37.5. The summed E-state index contributed by atoms with van der Waals surface area (Å²) < 4.78 is 0. The van der Waals surface area contributed by atoms with Gasteiger partial charge in [0.25, 0.3) is 0 Å². The molecule has 4 heteroatoms. The van der Waals surface area contributed by atoms with E-state index in [0.717, 1.165) is 38.5 Å². The Kier molecular flexibility index (Phi) is 8.03. The number of aliphatic hydroxyl groups is 4. The molecule has 0 aromatic rings. The molecule has 0 aliphatic heterocycles. The van der Waals surface area contributed by atoms with Crippen LogP contribution >= 0.6 is 0 Å². The first-order chi connectivity index (χ1) is 8.28. The van der Waals surface area contributed by atoms with Gasteiger partial charge >= 0.3 is 5.97 Å². The molecular weight excluding hydrogens is 232 g/mol. The SMILES string of the molecule is CCCCCC(C)(CCCCC)C(O)C(O)(O)O. The molecule has 0 spiro atoms. The summed E-state index contributed by atoms with van der Waals surface area (Å²) in [6, 6.07) is 0. The largest absolute Gasteiger partial charge is 0.384 e. The van der Waals surface area contributed by atoms with Crippen molar-refractivity contribution in [1.29, 1.82) is 0 Å². The fourth-order valence-electron chi connectivity index (χ4n) is 2.42. The van der Waals surface area contributed by atoms with Gasteiger partial charge in [-0.1, -0.05) is 59.3 Å². The standard InChI is InChI=1S/C14H30O4/c1-4-6-8-10-13(3,11-9-7-5-2)12(15)14(16,17)18/h12,15-18H,4-11H2,1-3H3. The molecule has 0 radical (unpaired) electrons. The number of hydrogen-bond acceptors (Lipinski definition) is 4. The third kappa shape index (κ3) is 6.14. The Hall–Kier alpha value is -0.160. The molecule has 0 aromatic heterocycles. The van der Waals surface area contributed by atoms with Crippen molar-refractivity contribution in [3.8, 4) is 0 Å². The van der Waals surface area contributed by atoms with Crippen LogP contribution in [0.15, 0.2) is 0 Å². The van der Waals surface area contributed by atoms with Gasteiger partial charge in [0.2, 0.25) is 0 Å². The highest BCUT2D eigenvalue weighted by molar-refractivity contribution is 4.86. The highest BCUT2D eigenvalue weighted by atomic mass is 16.7. The number of unbranched alkanes of at least 4 members (excludes halogenated alkanes) is 4. The Labute approximate surface area is 111 Å². The molecule has 110 valence electrons. The molecule has 0 rings (SSSR count). The van der Waals surface area contributed by atoms with Gasteiger partial charge in [0, 0.05) is 5.41 Å². The van der Waals surface area contributed by atoms with Crippen molar-refractivity contribution in [3.05, 3.63) is 0 Å². The smallest absolute Gasteiger partial charge is 0.303 e. The van der Waals surface area contributed by atoms with Crippen LogP contribution in [-0.4, -0.2) is 32.5 Å². The monoisotopic (exact) mass is 262 g/mol. The average molecular weight is 262 g/mol. The minimum absolute atomic E-state index is 0.650. The fraction of sp³-hybridized carbons (Fsp3) is 1.00. The van der Waals surface area contributed by atoms with E-state index in [0.29, 0.717) is 12.8 Å². The van der Waals surface area contributed by atoms with Crippen LogP contribution in [0, 0.1) is 5.41 Å². The summed E-state index contributed by atoms with van der Waals surface area (Å²) in [6.07, 6.45) is 5.94. The van der Waals surface area contributed by atoms with E-state index in [-0.39, 0.29) is 0 Å². The van der Waals surface area contributed by atoms with Crippen LogP contribution in [0.1, 0.15) is 72.1 Å². The highest BCUT2D eigenvalue weighted by Gasteiger charge is 2.44. The van der Waals surface area contributed by atoms with E-state index < -0.39 is 17.5 Å². The van der Waals surface area contributed by atoms with Crippen molar-refractivity contribution in [3.63, 3.8) is 0 Å². The molecule has 18 heavy (non-hydrogen) atoms. The van der Waals surface area contributed by atoms with E-state index in [2.05, 4.69) is 13.8 Å². The normalized spacial score (nSPS) is 14.8.